The van der Waals surface area contributed by atoms with Crippen LogP contribution in [0.25, 0.3) is 0 Å². The number of fused-ring (bicyclic) bond motifs is 3. The van der Waals surface area contributed by atoms with Gasteiger partial charge in [-0.3, -0.25) is 0 Å². The first-order valence-corrected chi connectivity index (χ1v) is 11.6. The van der Waals surface area contributed by atoms with Crippen LogP contribution in [0.4, 0.5) is 13.2 Å². The Morgan fingerprint density at radius 1 is 1.17 bits per heavy atom. The molecule has 1 heterocycles. The number of hydrogen-bond donors (Lipinski definition) is 1. The second-order valence-corrected chi connectivity index (χ2v) is 11.2. The van der Waals surface area contributed by atoms with E-state index in [0.29, 0.717) is 5.92 Å². The fourth-order valence-electron chi connectivity index (χ4n) is 6.75. The second kappa shape index (κ2) is 7.60. The van der Waals surface area contributed by atoms with E-state index in [2.05, 4.69) is 44.3 Å². The summed E-state index contributed by atoms with van der Waals surface area (Å²) in [5, 5.41) is 3.56. The Hall–Kier alpha value is -1.45. The summed E-state index contributed by atoms with van der Waals surface area (Å²) in [6, 6.07) is 0.140. The molecule has 1 N–H and O–H groups in total. The zero-order valence-electron chi connectivity index (χ0n) is 18.9. The first-order valence-electron chi connectivity index (χ1n) is 11.6. The van der Waals surface area contributed by atoms with Gasteiger partial charge in [0.2, 0.25) is 0 Å². The normalized spacial score (nSPS) is 38.1. The summed E-state index contributed by atoms with van der Waals surface area (Å²) in [7, 11) is 0. The molecule has 1 nitrogen and oxygen atoms in total. The van der Waals surface area contributed by atoms with Crippen LogP contribution >= 0.6 is 0 Å². The molecule has 166 valence electrons. The summed E-state index contributed by atoms with van der Waals surface area (Å²) in [6.07, 6.45) is 9.61. The summed E-state index contributed by atoms with van der Waals surface area (Å²) in [6.45, 7) is 11.0. The molecule has 0 amide bonds. The van der Waals surface area contributed by atoms with Crippen molar-refractivity contribution in [2.75, 3.05) is 0 Å². The predicted octanol–water partition coefficient (Wildman–Crippen LogP) is 7.20. The third kappa shape index (κ3) is 4.03. The van der Waals surface area contributed by atoms with Crippen molar-refractivity contribution in [2.45, 2.75) is 72.5 Å². The summed E-state index contributed by atoms with van der Waals surface area (Å²) in [5.74, 6) is -0.256. The van der Waals surface area contributed by atoms with Crippen LogP contribution in [0.15, 0.2) is 47.2 Å². The number of hydrogen-bond acceptors (Lipinski definition) is 1. The van der Waals surface area contributed by atoms with Crippen LogP contribution in [-0.4, -0.2) is 12.2 Å². The average Bonchev–Trinajstić information content (AvgIpc) is 2.63. The minimum atomic E-state index is -4.16. The molecular weight excluding hydrogens is 383 g/mol. The molecule has 0 fully saturated rings. The standard InChI is InChI=1S/C26H36F3N/c1-15(2)22-11-18(26(27,28)29)12-23-19(22)6-7-21-20(23)8-9-30-24(21)17-10-16(3)13-25(4,5)14-17/h7-11,15-16,18-20,23-24,30H,6,12-14H2,1-5H3. The smallest absolute Gasteiger partial charge is 0.381 e. The SMILES string of the molecule is CC1C=C(C2NC=CC3C2=CCC2C(C(C)C)=CC(C(F)(F)F)CC32)CC(C)(C)C1. The lowest BCUT2D eigenvalue weighted by Crippen LogP contribution is -2.45. The fourth-order valence-corrected chi connectivity index (χ4v) is 6.75. The van der Waals surface area contributed by atoms with Crippen molar-refractivity contribution in [1.29, 1.82) is 0 Å². The van der Waals surface area contributed by atoms with Crippen LogP contribution in [0.3, 0.4) is 0 Å². The van der Waals surface area contributed by atoms with E-state index in [1.807, 2.05) is 20.0 Å². The molecule has 30 heavy (non-hydrogen) atoms. The van der Waals surface area contributed by atoms with Gasteiger partial charge in [-0.25, -0.2) is 0 Å². The monoisotopic (exact) mass is 419 g/mol. The highest BCUT2D eigenvalue weighted by atomic mass is 19.4. The summed E-state index contributed by atoms with van der Waals surface area (Å²) >= 11 is 0. The van der Waals surface area contributed by atoms with E-state index in [1.165, 1.54) is 17.6 Å². The van der Waals surface area contributed by atoms with Gasteiger partial charge in [-0.15, -0.1) is 0 Å². The van der Waals surface area contributed by atoms with Crippen LogP contribution in [0, 0.1) is 40.9 Å². The number of alkyl halides is 3. The lowest BCUT2D eigenvalue weighted by atomic mass is 9.59. The Morgan fingerprint density at radius 3 is 2.53 bits per heavy atom. The zero-order valence-corrected chi connectivity index (χ0v) is 18.9. The molecule has 4 heteroatoms. The summed E-state index contributed by atoms with van der Waals surface area (Å²) < 4.78 is 41.3. The zero-order chi connectivity index (χ0) is 21.8. The first kappa shape index (κ1) is 21.8. The quantitative estimate of drug-likeness (QED) is 0.467. The van der Waals surface area contributed by atoms with Gasteiger partial charge in [0.15, 0.2) is 0 Å². The van der Waals surface area contributed by atoms with Gasteiger partial charge in [0.25, 0.3) is 0 Å². The topological polar surface area (TPSA) is 12.0 Å². The van der Waals surface area contributed by atoms with Crippen LogP contribution in [-0.2, 0) is 0 Å². The van der Waals surface area contributed by atoms with E-state index >= 15 is 0 Å². The van der Waals surface area contributed by atoms with Crippen molar-refractivity contribution in [3.8, 4) is 0 Å². The molecule has 0 saturated heterocycles. The highest BCUT2D eigenvalue weighted by molar-refractivity contribution is 5.39. The summed E-state index contributed by atoms with van der Waals surface area (Å²) in [4.78, 5) is 0. The number of allylic oxidation sites excluding steroid dienone is 5. The Balaban J connectivity index is 1.68. The second-order valence-electron chi connectivity index (χ2n) is 11.2. The Kier molecular flexibility index (Phi) is 5.51. The third-order valence-corrected chi connectivity index (χ3v) is 7.73. The van der Waals surface area contributed by atoms with Gasteiger partial charge in [-0.05, 0) is 72.1 Å². The summed E-state index contributed by atoms with van der Waals surface area (Å²) in [5.41, 5.74) is 4.00. The average molecular weight is 420 g/mol. The molecule has 6 atom stereocenters. The molecule has 0 aromatic rings. The van der Waals surface area contributed by atoms with Gasteiger partial charge in [0.05, 0.1) is 12.0 Å². The maximum absolute atomic E-state index is 13.8. The van der Waals surface area contributed by atoms with Gasteiger partial charge < -0.3 is 5.32 Å². The molecule has 6 unspecified atom stereocenters. The lowest BCUT2D eigenvalue weighted by Gasteiger charge is -2.48. The van der Waals surface area contributed by atoms with Gasteiger partial charge in [-0.2, -0.15) is 13.2 Å². The van der Waals surface area contributed by atoms with Crippen molar-refractivity contribution in [3.05, 3.63) is 47.2 Å². The molecule has 0 spiro atoms. The van der Waals surface area contributed by atoms with Crippen molar-refractivity contribution >= 4 is 0 Å². The van der Waals surface area contributed by atoms with Crippen LogP contribution in [0.1, 0.15) is 60.3 Å². The Morgan fingerprint density at radius 2 is 1.90 bits per heavy atom. The van der Waals surface area contributed by atoms with Gasteiger partial charge in [0.1, 0.15) is 0 Å². The highest BCUT2D eigenvalue weighted by Crippen LogP contribution is 2.53. The van der Waals surface area contributed by atoms with Gasteiger partial charge in [0, 0.05) is 5.92 Å². The molecule has 0 aromatic carbocycles. The predicted molar refractivity (Wildman–Crippen MR) is 117 cm³/mol. The van der Waals surface area contributed by atoms with E-state index in [9.17, 15) is 13.2 Å². The molecule has 4 rings (SSSR count). The minimum absolute atomic E-state index is 0.0366. The van der Waals surface area contributed by atoms with Crippen LogP contribution in [0.5, 0.6) is 0 Å². The minimum Gasteiger partial charge on any atom is -0.381 e. The van der Waals surface area contributed by atoms with Crippen molar-refractivity contribution in [1.82, 2.24) is 5.32 Å². The maximum Gasteiger partial charge on any atom is 0.395 e. The van der Waals surface area contributed by atoms with Crippen LogP contribution in [0.2, 0.25) is 0 Å². The lowest BCUT2D eigenvalue weighted by molar-refractivity contribution is -0.169. The van der Waals surface area contributed by atoms with E-state index in [0.717, 1.165) is 18.4 Å². The number of nitrogens with one attached hydrogen (secondary N) is 1. The van der Waals surface area contributed by atoms with Gasteiger partial charge >= 0.3 is 6.18 Å². The molecular formula is C26H36F3N. The van der Waals surface area contributed by atoms with E-state index in [4.69, 9.17) is 0 Å². The third-order valence-electron chi connectivity index (χ3n) is 7.73. The highest BCUT2D eigenvalue weighted by Gasteiger charge is 2.49. The van der Waals surface area contributed by atoms with Crippen molar-refractivity contribution < 1.29 is 13.2 Å². The fraction of sp³-hybridized carbons (Fsp3) is 0.692. The van der Waals surface area contributed by atoms with Gasteiger partial charge in [-0.1, -0.05) is 64.5 Å². The van der Waals surface area contributed by atoms with Crippen LogP contribution < -0.4 is 5.32 Å². The van der Waals surface area contributed by atoms with Crippen molar-refractivity contribution in [3.63, 3.8) is 0 Å². The number of rotatable bonds is 2. The number of halogens is 3. The molecule has 0 bridgehead atoms. The molecule has 1 aliphatic heterocycles. The Labute approximate surface area is 179 Å². The molecule has 0 aromatic heterocycles. The molecule has 0 radical (unpaired) electrons. The molecule has 4 aliphatic rings. The van der Waals surface area contributed by atoms with Crippen molar-refractivity contribution in [2.24, 2.45) is 40.9 Å². The molecule has 0 saturated carbocycles. The maximum atomic E-state index is 13.8. The first-order chi connectivity index (χ1) is 14.0. The molecule has 3 aliphatic carbocycles. The van der Waals surface area contributed by atoms with E-state index < -0.39 is 12.1 Å². The van der Waals surface area contributed by atoms with E-state index in [1.54, 1.807) is 6.08 Å². The Bertz CT molecular complexity index is 796. The van der Waals surface area contributed by atoms with E-state index in [-0.39, 0.29) is 41.5 Å². The largest absolute Gasteiger partial charge is 0.395 e.